The summed E-state index contributed by atoms with van der Waals surface area (Å²) in [6.45, 7) is 20.6. The molecular formula is C37H34N2. The van der Waals surface area contributed by atoms with Crippen molar-refractivity contribution in [1.29, 1.82) is 0 Å². The molecule has 2 heteroatoms. The van der Waals surface area contributed by atoms with Crippen LogP contribution >= 0.6 is 0 Å². The van der Waals surface area contributed by atoms with E-state index < -0.39 is 0 Å². The molecule has 0 unspecified atom stereocenters. The lowest BCUT2D eigenvalue weighted by Crippen LogP contribution is -1.98. The minimum absolute atomic E-state index is 0.862. The lowest BCUT2D eigenvalue weighted by molar-refractivity contribution is 1.10. The van der Waals surface area contributed by atoms with E-state index in [4.69, 9.17) is 4.98 Å². The lowest BCUT2D eigenvalue weighted by Gasteiger charge is -2.15. The summed E-state index contributed by atoms with van der Waals surface area (Å²) in [5.74, 6) is 0.897. The van der Waals surface area contributed by atoms with Crippen LogP contribution in [0.4, 0.5) is 0 Å². The van der Waals surface area contributed by atoms with Crippen molar-refractivity contribution in [3.8, 4) is 17.1 Å². The van der Waals surface area contributed by atoms with Gasteiger partial charge in [0, 0.05) is 11.3 Å². The average Bonchev–Trinajstić information content (AvgIpc) is 3.36. The van der Waals surface area contributed by atoms with E-state index in [1.54, 1.807) is 6.08 Å². The maximum absolute atomic E-state index is 5.00. The van der Waals surface area contributed by atoms with Gasteiger partial charge in [0.2, 0.25) is 0 Å². The van der Waals surface area contributed by atoms with Crippen LogP contribution in [0.5, 0.6) is 0 Å². The zero-order chi connectivity index (χ0) is 27.8. The number of hydrogen-bond donors (Lipinski definition) is 0. The molecule has 3 aromatic carbocycles. The Labute approximate surface area is 232 Å². The smallest absolute Gasteiger partial charge is 0.145 e. The van der Waals surface area contributed by atoms with Gasteiger partial charge in [-0.25, -0.2) is 4.98 Å². The molecule has 0 N–H and O–H groups in total. The molecule has 0 fully saturated rings. The maximum atomic E-state index is 5.00. The summed E-state index contributed by atoms with van der Waals surface area (Å²) >= 11 is 0. The van der Waals surface area contributed by atoms with Crippen LogP contribution in [0.1, 0.15) is 19.4 Å². The largest absolute Gasteiger partial charge is 0.292 e. The van der Waals surface area contributed by atoms with Crippen LogP contribution in [-0.4, -0.2) is 9.55 Å². The van der Waals surface area contributed by atoms with Crippen molar-refractivity contribution in [1.82, 2.24) is 9.55 Å². The molecule has 0 bridgehead atoms. The van der Waals surface area contributed by atoms with E-state index >= 15 is 0 Å². The van der Waals surface area contributed by atoms with Crippen LogP contribution < -0.4 is 0 Å². The van der Waals surface area contributed by atoms with Crippen LogP contribution in [0.25, 0.3) is 33.7 Å². The first-order valence-electron chi connectivity index (χ1n) is 13.0. The van der Waals surface area contributed by atoms with Crippen LogP contribution in [-0.2, 0) is 0 Å². The van der Waals surface area contributed by atoms with E-state index in [-0.39, 0.29) is 0 Å². The Bertz CT molecular complexity index is 1650. The molecule has 0 aliphatic heterocycles. The molecule has 0 saturated heterocycles. The minimum atomic E-state index is 0.862. The SMILES string of the molecule is C=C/C=C(\C)C(=C)/C(=C\C(=C)/C(C=C)=C/C=C\C)c1ccc(-c2nc3ccccc3n2-c2ccccc2)cc1. The van der Waals surface area contributed by atoms with E-state index in [0.717, 1.165) is 61.5 Å². The third-order valence-electron chi connectivity index (χ3n) is 6.58. The number of aromatic nitrogens is 2. The van der Waals surface area contributed by atoms with Crippen molar-refractivity contribution >= 4 is 16.6 Å². The molecular weight excluding hydrogens is 472 g/mol. The van der Waals surface area contributed by atoms with Gasteiger partial charge in [-0.3, -0.25) is 4.57 Å². The summed E-state index contributed by atoms with van der Waals surface area (Å²) in [6, 6.07) is 27.1. The molecule has 192 valence electrons. The van der Waals surface area contributed by atoms with Crippen LogP contribution in [0, 0.1) is 0 Å². The molecule has 1 heterocycles. The number of imidazole rings is 1. The molecule has 0 amide bonds. The molecule has 4 aromatic rings. The van der Waals surface area contributed by atoms with Crippen LogP contribution in [0.3, 0.4) is 0 Å². The topological polar surface area (TPSA) is 17.8 Å². The third kappa shape index (κ3) is 5.97. The number of hydrogen-bond acceptors (Lipinski definition) is 1. The van der Waals surface area contributed by atoms with Gasteiger partial charge in [-0.2, -0.15) is 0 Å². The Balaban J connectivity index is 1.82. The van der Waals surface area contributed by atoms with Gasteiger partial charge in [0.15, 0.2) is 0 Å². The molecule has 0 aliphatic rings. The van der Waals surface area contributed by atoms with Gasteiger partial charge in [0.05, 0.1) is 11.0 Å². The summed E-state index contributed by atoms with van der Waals surface area (Å²) in [5.41, 5.74) is 9.93. The number of fused-ring (bicyclic) bond motifs is 1. The lowest BCUT2D eigenvalue weighted by atomic mass is 9.90. The molecule has 39 heavy (non-hydrogen) atoms. The molecule has 0 aliphatic carbocycles. The van der Waals surface area contributed by atoms with Gasteiger partial charge >= 0.3 is 0 Å². The van der Waals surface area contributed by atoms with Crippen LogP contribution in [0.2, 0.25) is 0 Å². The van der Waals surface area contributed by atoms with E-state index in [1.165, 1.54) is 0 Å². The Kier molecular flexibility index (Phi) is 8.71. The number of nitrogens with zero attached hydrogens (tertiary/aromatic N) is 2. The normalized spacial score (nSPS) is 12.6. The maximum Gasteiger partial charge on any atom is 0.145 e. The fourth-order valence-corrected chi connectivity index (χ4v) is 4.46. The fraction of sp³-hybridized carbons (Fsp3) is 0.0541. The van der Waals surface area contributed by atoms with Crippen molar-refractivity contribution < 1.29 is 0 Å². The van der Waals surface area contributed by atoms with Gasteiger partial charge in [0.25, 0.3) is 0 Å². The van der Waals surface area contributed by atoms with Gasteiger partial charge in [-0.05, 0) is 77.6 Å². The van der Waals surface area contributed by atoms with E-state index in [1.807, 2.05) is 74.6 Å². The molecule has 0 radical (unpaired) electrons. The highest BCUT2D eigenvalue weighted by molar-refractivity contribution is 5.87. The van der Waals surface area contributed by atoms with Crippen molar-refractivity contribution in [2.24, 2.45) is 0 Å². The highest BCUT2D eigenvalue weighted by atomic mass is 15.1. The predicted octanol–water partition coefficient (Wildman–Crippen LogP) is 10.0. The van der Waals surface area contributed by atoms with Crippen molar-refractivity contribution in [2.75, 3.05) is 0 Å². The monoisotopic (exact) mass is 506 g/mol. The average molecular weight is 507 g/mol. The van der Waals surface area contributed by atoms with Crippen molar-refractivity contribution in [2.45, 2.75) is 13.8 Å². The summed E-state index contributed by atoms with van der Waals surface area (Å²) in [6.07, 6.45) is 13.6. The molecule has 1 aromatic heterocycles. The van der Waals surface area contributed by atoms with E-state index in [0.29, 0.717) is 0 Å². The second-order valence-electron chi connectivity index (χ2n) is 9.17. The summed E-state index contributed by atoms with van der Waals surface area (Å²) in [7, 11) is 0. The Morgan fingerprint density at radius 3 is 2.21 bits per heavy atom. The van der Waals surface area contributed by atoms with E-state index in [9.17, 15) is 0 Å². The first-order valence-corrected chi connectivity index (χ1v) is 13.0. The number of allylic oxidation sites excluding steroid dienone is 12. The van der Waals surface area contributed by atoms with Crippen molar-refractivity contribution in [3.63, 3.8) is 0 Å². The standard InChI is InChI=1S/C37H34N2/c1-7-10-17-30(9-3)28(5)26-34(29(6)27(4)16-8-2)31-22-24-32(25-23-31)37-38-35-20-14-15-21-36(35)39(37)33-18-12-11-13-19-33/h7-26H,2-3,5-6H2,1,4H3/b10-7-,27-16+,30-17+,34-26+. The fourth-order valence-electron chi connectivity index (χ4n) is 4.46. The number of para-hydroxylation sites is 3. The number of rotatable bonds is 10. The first-order chi connectivity index (χ1) is 19.0. The predicted molar refractivity (Wildman–Crippen MR) is 170 cm³/mol. The van der Waals surface area contributed by atoms with Gasteiger partial charge in [-0.1, -0.05) is 117 Å². The highest BCUT2D eigenvalue weighted by Crippen LogP contribution is 2.33. The summed E-state index contributed by atoms with van der Waals surface area (Å²) < 4.78 is 2.21. The third-order valence-corrected chi connectivity index (χ3v) is 6.58. The zero-order valence-corrected chi connectivity index (χ0v) is 22.8. The summed E-state index contributed by atoms with van der Waals surface area (Å²) in [4.78, 5) is 5.00. The zero-order valence-electron chi connectivity index (χ0n) is 22.8. The quantitative estimate of drug-likeness (QED) is 0.196. The molecule has 2 nitrogen and oxygen atoms in total. The Morgan fingerprint density at radius 1 is 0.846 bits per heavy atom. The second kappa shape index (κ2) is 12.5. The van der Waals surface area contributed by atoms with Gasteiger partial charge < -0.3 is 0 Å². The summed E-state index contributed by atoms with van der Waals surface area (Å²) in [5, 5.41) is 0. The van der Waals surface area contributed by atoms with E-state index in [2.05, 4.69) is 85.5 Å². The van der Waals surface area contributed by atoms with Gasteiger partial charge in [-0.15, -0.1) is 0 Å². The highest BCUT2D eigenvalue weighted by Gasteiger charge is 2.15. The molecule has 0 saturated carbocycles. The van der Waals surface area contributed by atoms with Crippen LogP contribution in [0.15, 0.2) is 170 Å². The molecule has 0 spiro atoms. The first kappa shape index (κ1) is 27.1. The Morgan fingerprint density at radius 2 is 1.54 bits per heavy atom. The van der Waals surface area contributed by atoms with Gasteiger partial charge in [0.1, 0.15) is 5.82 Å². The van der Waals surface area contributed by atoms with Crippen molar-refractivity contribution in [3.05, 3.63) is 176 Å². The minimum Gasteiger partial charge on any atom is -0.292 e. The molecule has 0 atom stereocenters. The Hall–Kier alpha value is -4.95. The second-order valence-corrected chi connectivity index (χ2v) is 9.17. The number of benzene rings is 3. The molecule has 4 rings (SSSR count).